The minimum atomic E-state index is 0.0871. The molecule has 0 saturated heterocycles. The number of hydrogen-bond donors (Lipinski definition) is 0. The number of rotatable bonds is 3. The summed E-state index contributed by atoms with van der Waals surface area (Å²) in [5.74, 6) is 0.850. The maximum Gasteiger partial charge on any atom is 0.227 e. The predicted octanol–water partition coefficient (Wildman–Crippen LogP) is 8.95. The summed E-state index contributed by atoms with van der Waals surface area (Å²) in [5, 5.41) is 2.03. The van der Waals surface area contributed by atoms with E-state index in [0.717, 1.165) is 55.7 Å². The van der Waals surface area contributed by atoms with E-state index >= 15 is 0 Å². The third-order valence-electron chi connectivity index (χ3n) is 7.23. The molecule has 0 bridgehead atoms. The average molecular weight is 494 g/mol. The van der Waals surface area contributed by atoms with Crippen LogP contribution in [-0.2, 0) is 5.41 Å². The standard InChI is InChI=1S/C34H27N3O/c1-34(2,3)23-16-18-24(19-17-23)37-30-15-8-7-14-29(30)35-32(37)27-13-9-12-25-26-20-21-28(22-10-5-4-6-11-22)36-33(26)38-31(25)27/h4-21H,1-3H3. The minimum Gasteiger partial charge on any atom is -0.437 e. The van der Waals surface area contributed by atoms with Gasteiger partial charge in [0.15, 0.2) is 0 Å². The summed E-state index contributed by atoms with van der Waals surface area (Å²) in [7, 11) is 0. The summed E-state index contributed by atoms with van der Waals surface area (Å²) in [6.45, 7) is 6.71. The Morgan fingerprint density at radius 1 is 0.658 bits per heavy atom. The first-order valence-corrected chi connectivity index (χ1v) is 12.9. The molecule has 0 aliphatic carbocycles. The normalized spacial score (nSPS) is 12.1. The monoisotopic (exact) mass is 493 g/mol. The zero-order valence-electron chi connectivity index (χ0n) is 21.6. The van der Waals surface area contributed by atoms with E-state index in [-0.39, 0.29) is 5.41 Å². The number of para-hydroxylation sites is 3. The molecule has 4 heteroatoms. The summed E-state index contributed by atoms with van der Waals surface area (Å²) in [6, 6.07) is 37.7. The number of benzene rings is 4. The van der Waals surface area contributed by atoms with Gasteiger partial charge in [-0.1, -0.05) is 87.5 Å². The Bertz CT molecular complexity index is 1940. The van der Waals surface area contributed by atoms with E-state index in [2.05, 4.69) is 110 Å². The van der Waals surface area contributed by atoms with Crippen molar-refractivity contribution < 1.29 is 4.42 Å². The number of nitrogens with zero attached hydrogens (tertiary/aromatic N) is 3. The zero-order valence-corrected chi connectivity index (χ0v) is 21.6. The van der Waals surface area contributed by atoms with Crippen molar-refractivity contribution in [2.45, 2.75) is 26.2 Å². The molecule has 0 aliphatic rings. The van der Waals surface area contributed by atoms with Crippen molar-refractivity contribution in [2.75, 3.05) is 0 Å². The molecule has 7 rings (SSSR count). The summed E-state index contributed by atoms with van der Waals surface area (Å²) in [5.41, 5.74) is 8.78. The molecule has 0 spiro atoms. The van der Waals surface area contributed by atoms with Gasteiger partial charge >= 0.3 is 0 Å². The summed E-state index contributed by atoms with van der Waals surface area (Å²) in [6.07, 6.45) is 0. The van der Waals surface area contributed by atoms with Crippen LogP contribution >= 0.6 is 0 Å². The van der Waals surface area contributed by atoms with Gasteiger partial charge in [0.05, 0.1) is 22.3 Å². The Morgan fingerprint density at radius 2 is 1.42 bits per heavy atom. The van der Waals surface area contributed by atoms with Crippen LogP contribution in [0.3, 0.4) is 0 Å². The van der Waals surface area contributed by atoms with Gasteiger partial charge in [0.25, 0.3) is 0 Å². The van der Waals surface area contributed by atoms with Crippen LogP contribution in [0.4, 0.5) is 0 Å². The Labute approximate surface area is 221 Å². The van der Waals surface area contributed by atoms with E-state index in [9.17, 15) is 0 Å². The van der Waals surface area contributed by atoms with E-state index in [0.29, 0.717) is 5.71 Å². The van der Waals surface area contributed by atoms with Crippen LogP contribution in [0.1, 0.15) is 26.3 Å². The summed E-state index contributed by atoms with van der Waals surface area (Å²) < 4.78 is 8.72. The second-order valence-corrected chi connectivity index (χ2v) is 10.8. The fourth-order valence-electron chi connectivity index (χ4n) is 5.20. The number of furan rings is 1. The maximum atomic E-state index is 6.49. The molecule has 38 heavy (non-hydrogen) atoms. The highest BCUT2D eigenvalue weighted by Crippen LogP contribution is 2.38. The predicted molar refractivity (Wildman–Crippen MR) is 156 cm³/mol. The molecule has 184 valence electrons. The van der Waals surface area contributed by atoms with Gasteiger partial charge in [-0.2, -0.15) is 0 Å². The summed E-state index contributed by atoms with van der Waals surface area (Å²) in [4.78, 5) is 9.98. The van der Waals surface area contributed by atoms with Crippen LogP contribution in [0.5, 0.6) is 0 Å². The van der Waals surface area contributed by atoms with Crippen molar-refractivity contribution >= 4 is 33.1 Å². The fourth-order valence-corrected chi connectivity index (χ4v) is 5.20. The first kappa shape index (κ1) is 22.5. The molecule has 0 N–H and O–H groups in total. The lowest BCUT2D eigenvalue weighted by Crippen LogP contribution is -2.11. The van der Waals surface area contributed by atoms with Gasteiger partial charge < -0.3 is 4.42 Å². The highest BCUT2D eigenvalue weighted by atomic mass is 16.3. The van der Waals surface area contributed by atoms with Gasteiger partial charge in [-0.25, -0.2) is 9.97 Å². The first-order valence-electron chi connectivity index (χ1n) is 12.9. The van der Waals surface area contributed by atoms with Gasteiger partial charge in [0, 0.05) is 22.0 Å². The lowest BCUT2D eigenvalue weighted by Gasteiger charge is -2.19. The van der Waals surface area contributed by atoms with E-state index in [1.165, 1.54) is 5.56 Å². The van der Waals surface area contributed by atoms with Crippen molar-refractivity contribution in [3.63, 3.8) is 0 Å². The Kier molecular flexibility index (Phi) is 4.98. The summed E-state index contributed by atoms with van der Waals surface area (Å²) >= 11 is 0. The average Bonchev–Trinajstić information content (AvgIpc) is 3.51. The molecule has 0 amide bonds. The van der Waals surface area contributed by atoms with Gasteiger partial charge in [0.1, 0.15) is 11.4 Å². The molecule has 0 aliphatic heterocycles. The lowest BCUT2D eigenvalue weighted by molar-refractivity contribution is 0.590. The molecule has 4 nitrogen and oxygen atoms in total. The second kappa shape index (κ2) is 8.42. The number of fused-ring (bicyclic) bond motifs is 4. The Morgan fingerprint density at radius 3 is 2.21 bits per heavy atom. The first-order chi connectivity index (χ1) is 18.5. The molecule has 7 aromatic rings. The van der Waals surface area contributed by atoms with E-state index in [1.807, 2.05) is 24.3 Å². The molecule has 0 radical (unpaired) electrons. The maximum absolute atomic E-state index is 6.49. The molecule has 0 unspecified atom stereocenters. The van der Waals surface area contributed by atoms with E-state index < -0.39 is 0 Å². The number of imidazole rings is 1. The van der Waals surface area contributed by atoms with Crippen LogP contribution < -0.4 is 0 Å². The molecule has 0 fully saturated rings. The molecule has 3 aromatic heterocycles. The SMILES string of the molecule is CC(C)(C)c1ccc(-n2c(-c3cccc4c3oc3nc(-c5ccccc5)ccc34)nc3ccccc32)cc1. The van der Waals surface area contributed by atoms with Crippen molar-refractivity contribution in [2.24, 2.45) is 0 Å². The minimum absolute atomic E-state index is 0.0871. The largest absolute Gasteiger partial charge is 0.437 e. The highest BCUT2D eigenvalue weighted by molar-refractivity contribution is 6.09. The Balaban J connectivity index is 1.45. The highest BCUT2D eigenvalue weighted by Gasteiger charge is 2.21. The van der Waals surface area contributed by atoms with Crippen LogP contribution in [0, 0.1) is 0 Å². The van der Waals surface area contributed by atoms with Crippen molar-refractivity contribution in [1.29, 1.82) is 0 Å². The number of aromatic nitrogens is 3. The van der Waals surface area contributed by atoms with Crippen LogP contribution in [0.25, 0.3) is 61.4 Å². The smallest absolute Gasteiger partial charge is 0.227 e. The lowest BCUT2D eigenvalue weighted by atomic mass is 9.87. The third kappa shape index (κ3) is 3.60. The van der Waals surface area contributed by atoms with Crippen molar-refractivity contribution in [1.82, 2.24) is 14.5 Å². The molecule has 3 heterocycles. The van der Waals surface area contributed by atoms with Gasteiger partial charge in [-0.15, -0.1) is 0 Å². The topological polar surface area (TPSA) is 43.9 Å². The quantitative estimate of drug-likeness (QED) is 0.247. The van der Waals surface area contributed by atoms with E-state index in [1.54, 1.807) is 0 Å². The molecular formula is C34H27N3O. The number of pyridine rings is 1. The van der Waals surface area contributed by atoms with Crippen LogP contribution in [0.15, 0.2) is 114 Å². The molecule has 0 atom stereocenters. The zero-order chi connectivity index (χ0) is 25.9. The third-order valence-corrected chi connectivity index (χ3v) is 7.23. The number of hydrogen-bond acceptors (Lipinski definition) is 3. The van der Waals surface area contributed by atoms with Gasteiger partial charge in [0.2, 0.25) is 5.71 Å². The van der Waals surface area contributed by atoms with Gasteiger partial charge in [-0.05, 0) is 53.4 Å². The second-order valence-electron chi connectivity index (χ2n) is 10.8. The van der Waals surface area contributed by atoms with Crippen LogP contribution in [-0.4, -0.2) is 14.5 Å². The van der Waals surface area contributed by atoms with Crippen molar-refractivity contribution in [3.05, 3.63) is 115 Å². The van der Waals surface area contributed by atoms with E-state index in [4.69, 9.17) is 14.4 Å². The van der Waals surface area contributed by atoms with Gasteiger partial charge in [-0.3, -0.25) is 4.57 Å². The van der Waals surface area contributed by atoms with Crippen molar-refractivity contribution in [3.8, 4) is 28.3 Å². The molecule has 4 aromatic carbocycles. The molecular weight excluding hydrogens is 466 g/mol. The van der Waals surface area contributed by atoms with Crippen LogP contribution in [0.2, 0.25) is 0 Å². The Hall–Kier alpha value is -4.70. The fraction of sp³-hybridized carbons (Fsp3) is 0.118. The molecule has 0 saturated carbocycles.